The standard InChI is InChI=1S/C16H20F3N5S.HI/c1-2-20-15(24-11-12-5-4-10-25-12)23-9-8-22-14-13(16(17,18)19)6-3-7-21-14;/h3-7,10H,2,8-9,11H2,1H3,(H,21,22)(H2,20,23,24);1H. The number of hydrogen-bond acceptors (Lipinski definition) is 4. The van der Waals surface area contributed by atoms with Crippen LogP contribution in [0, 0.1) is 0 Å². The summed E-state index contributed by atoms with van der Waals surface area (Å²) < 4.78 is 38.7. The number of nitrogens with one attached hydrogen (secondary N) is 3. The first-order valence-electron chi connectivity index (χ1n) is 7.81. The number of pyridine rings is 1. The molecular weight excluding hydrogens is 478 g/mol. The van der Waals surface area contributed by atoms with Crippen LogP contribution in [-0.2, 0) is 12.7 Å². The van der Waals surface area contributed by atoms with Gasteiger partial charge >= 0.3 is 6.18 Å². The van der Waals surface area contributed by atoms with E-state index in [0.717, 1.165) is 10.9 Å². The monoisotopic (exact) mass is 499 g/mol. The van der Waals surface area contributed by atoms with Gasteiger partial charge in [0.05, 0.1) is 12.1 Å². The SMILES string of the molecule is CCNC(=NCc1cccs1)NCCNc1ncccc1C(F)(F)F.I. The molecule has 10 heteroatoms. The number of aromatic nitrogens is 1. The van der Waals surface area contributed by atoms with Crippen molar-refractivity contribution in [1.82, 2.24) is 15.6 Å². The molecule has 0 aliphatic carbocycles. The predicted octanol–water partition coefficient (Wildman–Crippen LogP) is 3.95. The topological polar surface area (TPSA) is 61.3 Å². The van der Waals surface area contributed by atoms with Crippen LogP contribution < -0.4 is 16.0 Å². The highest BCUT2D eigenvalue weighted by atomic mass is 127. The number of halogens is 4. The Labute approximate surface area is 171 Å². The maximum atomic E-state index is 12.9. The summed E-state index contributed by atoms with van der Waals surface area (Å²) >= 11 is 1.62. The molecule has 0 saturated carbocycles. The minimum Gasteiger partial charge on any atom is -0.368 e. The maximum Gasteiger partial charge on any atom is 0.419 e. The van der Waals surface area contributed by atoms with E-state index in [1.807, 2.05) is 24.4 Å². The number of nitrogens with zero attached hydrogens (tertiary/aromatic N) is 2. The molecule has 0 aliphatic rings. The van der Waals surface area contributed by atoms with Gasteiger partial charge in [-0.3, -0.25) is 0 Å². The van der Waals surface area contributed by atoms with Gasteiger partial charge in [-0.2, -0.15) is 13.2 Å². The van der Waals surface area contributed by atoms with Crippen LogP contribution in [0.15, 0.2) is 40.8 Å². The highest BCUT2D eigenvalue weighted by molar-refractivity contribution is 14.0. The second-order valence-electron chi connectivity index (χ2n) is 5.03. The van der Waals surface area contributed by atoms with Gasteiger partial charge in [0, 0.05) is 30.7 Å². The molecule has 0 atom stereocenters. The van der Waals surface area contributed by atoms with Crippen LogP contribution in [-0.4, -0.2) is 30.6 Å². The van der Waals surface area contributed by atoms with Gasteiger partial charge in [0.15, 0.2) is 5.96 Å². The van der Waals surface area contributed by atoms with Gasteiger partial charge in [0.1, 0.15) is 5.82 Å². The number of rotatable bonds is 7. The minimum atomic E-state index is -4.43. The molecule has 26 heavy (non-hydrogen) atoms. The molecule has 144 valence electrons. The lowest BCUT2D eigenvalue weighted by Gasteiger charge is -2.14. The molecule has 0 aliphatic heterocycles. The normalized spacial score (nSPS) is 11.6. The molecule has 0 aromatic carbocycles. The number of alkyl halides is 3. The molecule has 0 spiro atoms. The largest absolute Gasteiger partial charge is 0.419 e. The van der Waals surface area contributed by atoms with E-state index in [9.17, 15) is 13.2 Å². The molecule has 5 nitrogen and oxygen atoms in total. The zero-order valence-corrected chi connectivity index (χ0v) is 17.3. The zero-order valence-electron chi connectivity index (χ0n) is 14.1. The van der Waals surface area contributed by atoms with Gasteiger partial charge in [-0.15, -0.1) is 35.3 Å². The van der Waals surface area contributed by atoms with Gasteiger partial charge < -0.3 is 16.0 Å². The zero-order chi connectivity index (χ0) is 18.1. The van der Waals surface area contributed by atoms with E-state index < -0.39 is 11.7 Å². The third-order valence-electron chi connectivity index (χ3n) is 3.14. The van der Waals surface area contributed by atoms with Gasteiger partial charge in [0.2, 0.25) is 0 Å². The Morgan fingerprint density at radius 3 is 2.65 bits per heavy atom. The molecule has 0 amide bonds. The fourth-order valence-corrected chi connectivity index (χ4v) is 2.67. The average Bonchev–Trinajstić information content (AvgIpc) is 3.09. The molecule has 2 aromatic heterocycles. The molecule has 2 aromatic rings. The Morgan fingerprint density at radius 1 is 1.19 bits per heavy atom. The van der Waals surface area contributed by atoms with Crippen molar-refractivity contribution in [3.63, 3.8) is 0 Å². The van der Waals surface area contributed by atoms with Gasteiger partial charge in [-0.25, -0.2) is 9.98 Å². The molecule has 0 saturated heterocycles. The number of anilines is 1. The Morgan fingerprint density at radius 2 is 2.00 bits per heavy atom. The van der Waals surface area contributed by atoms with E-state index in [-0.39, 0.29) is 36.3 Å². The van der Waals surface area contributed by atoms with Crippen molar-refractivity contribution in [2.45, 2.75) is 19.6 Å². The van der Waals surface area contributed by atoms with E-state index in [0.29, 0.717) is 25.6 Å². The van der Waals surface area contributed by atoms with Crippen molar-refractivity contribution < 1.29 is 13.2 Å². The Bertz CT molecular complexity index is 677. The van der Waals surface area contributed by atoms with Crippen molar-refractivity contribution in [3.05, 3.63) is 46.3 Å². The average molecular weight is 499 g/mol. The Hall–Kier alpha value is -1.56. The molecular formula is C16H21F3IN5S. The number of hydrogen-bond donors (Lipinski definition) is 3. The lowest BCUT2D eigenvalue weighted by Crippen LogP contribution is -2.39. The molecule has 2 rings (SSSR count). The van der Waals surface area contributed by atoms with Crippen molar-refractivity contribution >= 4 is 47.1 Å². The molecule has 0 radical (unpaired) electrons. The van der Waals surface area contributed by atoms with E-state index >= 15 is 0 Å². The second kappa shape index (κ2) is 11.2. The van der Waals surface area contributed by atoms with E-state index in [1.54, 1.807) is 11.3 Å². The van der Waals surface area contributed by atoms with Crippen molar-refractivity contribution in [1.29, 1.82) is 0 Å². The molecule has 0 unspecified atom stereocenters. The van der Waals surface area contributed by atoms with Crippen LogP contribution in [0.25, 0.3) is 0 Å². The summed E-state index contributed by atoms with van der Waals surface area (Å²) in [5.41, 5.74) is -0.770. The number of aliphatic imine (C=N–C) groups is 1. The van der Waals surface area contributed by atoms with E-state index in [2.05, 4.69) is 25.9 Å². The lowest BCUT2D eigenvalue weighted by molar-refractivity contribution is -0.137. The summed E-state index contributed by atoms with van der Waals surface area (Å²) in [7, 11) is 0. The molecule has 3 N–H and O–H groups in total. The summed E-state index contributed by atoms with van der Waals surface area (Å²) in [6.07, 6.45) is -3.10. The van der Waals surface area contributed by atoms with Gasteiger partial charge in [-0.1, -0.05) is 6.07 Å². The lowest BCUT2D eigenvalue weighted by atomic mass is 10.2. The van der Waals surface area contributed by atoms with Crippen LogP contribution in [0.5, 0.6) is 0 Å². The number of thiophene rings is 1. The fourth-order valence-electron chi connectivity index (χ4n) is 2.04. The second-order valence-corrected chi connectivity index (χ2v) is 6.06. The Balaban J connectivity index is 0.00000338. The number of guanidine groups is 1. The minimum absolute atomic E-state index is 0. The maximum absolute atomic E-state index is 12.9. The summed E-state index contributed by atoms with van der Waals surface area (Å²) in [5, 5.41) is 10.9. The quantitative estimate of drug-likeness (QED) is 0.234. The van der Waals surface area contributed by atoms with E-state index in [4.69, 9.17) is 0 Å². The highest BCUT2D eigenvalue weighted by Crippen LogP contribution is 2.33. The first-order chi connectivity index (χ1) is 12.0. The predicted molar refractivity (Wildman–Crippen MR) is 110 cm³/mol. The summed E-state index contributed by atoms with van der Waals surface area (Å²) in [4.78, 5) is 9.34. The smallest absolute Gasteiger partial charge is 0.368 e. The summed E-state index contributed by atoms with van der Waals surface area (Å²) in [6, 6.07) is 6.24. The van der Waals surface area contributed by atoms with Crippen LogP contribution >= 0.6 is 35.3 Å². The summed E-state index contributed by atoms with van der Waals surface area (Å²) in [5.74, 6) is 0.451. The fraction of sp³-hybridized carbons (Fsp3) is 0.375. The van der Waals surface area contributed by atoms with Gasteiger partial charge in [0.25, 0.3) is 0 Å². The molecule has 0 bridgehead atoms. The molecule has 0 fully saturated rings. The van der Waals surface area contributed by atoms with Crippen LogP contribution in [0.1, 0.15) is 17.4 Å². The van der Waals surface area contributed by atoms with E-state index in [1.165, 1.54) is 12.3 Å². The van der Waals surface area contributed by atoms with Crippen molar-refractivity contribution in [2.24, 2.45) is 4.99 Å². The highest BCUT2D eigenvalue weighted by Gasteiger charge is 2.33. The first-order valence-corrected chi connectivity index (χ1v) is 8.69. The summed E-state index contributed by atoms with van der Waals surface area (Å²) in [6.45, 7) is 3.89. The van der Waals surface area contributed by atoms with Crippen LogP contribution in [0.4, 0.5) is 19.0 Å². The third kappa shape index (κ3) is 7.36. The Kier molecular flexibility index (Phi) is 9.70. The van der Waals surface area contributed by atoms with Crippen LogP contribution in [0.3, 0.4) is 0 Å². The van der Waals surface area contributed by atoms with Crippen molar-refractivity contribution in [2.75, 3.05) is 25.0 Å². The van der Waals surface area contributed by atoms with Gasteiger partial charge in [-0.05, 0) is 30.5 Å². The van der Waals surface area contributed by atoms with Crippen LogP contribution in [0.2, 0.25) is 0 Å². The van der Waals surface area contributed by atoms with Crippen molar-refractivity contribution in [3.8, 4) is 0 Å². The third-order valence-corrected chi connectivity index (χ3v) is 4.00. The molecule has 2 heterocycles. The first kappa shape index (κ1) is 22.5.